The summed E-state index contributed by atoms with van der Waals surface area (Å²) in [6, 6.07) is -1.48. The van der Waals surface area contributed by atoms with Crippen LogP contribution in [0.15, 0.2) is 0 Å². The smallest absolute Gasteiger partial charge is 0.416 e. The van der Waals surface area contributed by atoms with Gasteiger partial charge in [0, 0.05) is 6.54 Å². The summed E-state index contributed by atoms with van der Waals surface area (Å²) in [7, 11) is 0. The number of hydrogen-bond acceptors (Lipinski definition) is 4. The Morgan fingerprint density at radius 2 is 2.00 bits per heavy atom. The number of aliphatic hydroxyl groups excluding tert-OH is 1. The minimum Gasteiger partial charge on any atom is -0.444 e. The fraction of sp³-hybridized carbons (Fsp3) is 0.909. The summed E-state index contributed by atoms with van der Waals surface area (Å²) in [5.41, 5.74) is -0.816. The van der Waals surface area contributed by atoms with E-state index in [4.69, 9.17) is 9.47 Å². The normalized spacial score (nSPS) is 23.1. The van der Waals surface area contributed by atoms with Crippen molar-refractivity contribution < 1.29 is 32.5 Å². The van der Waals surface area contributed by atoms with Crippen LogP contribution in [0.3, 0.4) is 0 Å². The van der Waals surface area contributed by atoms with Crippen LogP contribution in [0.5, 0.6) is 0 Å². The molecule has 1 aliphatic rings. The van der Waals surface area contributed by atoms with Crippen molar-refractivity contribution in [2.24, 2.45) is 0 Å². The van der Waals surface area contributed by atoms with Gasteiger partial charge in [-0.25, -0.2) is 4.79 Å². The number of morpholine rings is 1. The van der Waals surface area contributed by atoms with E-state index in [9.17, 15) is 23.1 Å². The van der Waals surface area contributed by atoms with E-state index in [1.54, 1.807) is 20.8 Å². The van der Waals surface area contributed by atoms with Crippen molar-refractivity contribution in [1.29, 1.82) is 0 Å². The third kappa shape index (κ3) is 4.54. The third-order valence-electron chi connectivity index (χ3n) is 2.49. The molecule has 1 aliphatic heterocycles. The summed E-state index contributed by atoms with van der Waals surface area (Å²) in [5, 5.41) is 9.27. The molecule has 2 atom stereocenters. The average molecular weight is 285 g/mol. The SMILES string of the molecule is CC(C)(C)OC(=O)N1CCOCC1[C@@H](O)C(F)(F)F. The van der Waals surface area contributed by atoms with Gasteiger partial charge >= 0.3 is 12.3 Å². The number of ether oxygens (including phenoxy) is 2. The first-order valence-corrected chi connectivity index (χ1v) is 5.84. The van der Waals surface area contributed by atoms with E-state index in [1.165, 1.54) is 0 Å². The van der Waals surface area contributed by atoms with Crippen molar-refractivity contribution in [3.63, 3.8) is 0 Å². The van der Waals surface area contributed by atoms with Gasteiger partial charge in [-0.2, -0.15) is 13.2 Å². The zero-order valence-electron chi connectivity index (χ0n) is 11.0. The second-order valence-electron chi connectivity index (χ2n) is 5.30. The lowest BCUT2D eigenvalue weighted by molar-refractivity contribution is -0.230. The molecule has 112 valence electrons. The Morgan fingerprint density at radius 1 is 1.42 bits per heavy atom. The van der Waals surface area contributed by atoms with Crippen LogP contribution in [-0.2, 0) is 9.47 Å². The zero-order valence-corrected chi connectivity index (χ0v) is 11.0. The van der Waals surface area contributed by atoms with E-state index < -0.39 is 30.0 Å². The van der Waals surface area contributed by atoms with Crippen LogP contribution in [0.25, 0.3) is 0 Å². The molecule has 0 aliphatic carbocycles. The van der Waals surface area contributed by atoms with E-state index in [1.807, 2.05) is 0 Å². The van der Waals surface area contributed by atoms with Gasteiger partial charge in [0.15, 0.2) is 6.10 Å². The molecular weight excluding hydrogens is 267 g/mol. The molecule has 1 saturated heterocycles. The molecule has 1 N–H and O–H groups in total. The van der Waals surface area contributed by atoms with Gasteiger partial charge in [-0.05, 0) is 20.8 Å². The number of aliphatic hydroxyl groups is 1. The number of carbonyl (C=O) groups excluding carboxylic acids is 1. The Morgan fingerprint density at radius 3 is 2.47 bits per heavy atom. The number of alkyl halides is 3. The highest BCUT2D eigenvalue weighted by Crippen LogP contribution is 2.27. The molecule has 8 heteroatoms. The first kappa shape index (κ1) is 16.0. The lowest BCUT2D eigenvalue weighted by atomic mass is 10.1. The van der Waals surface area contributed by atoms with Crippen molar-refractivity contribution in [3.8, 4) is 0 Å². The summed E-state index contributed by atoms with van der Waals surface area (Å²) in [4.78, 5) is 12.7. The van der Waals surface area contributed by atoms with Crippen molar-refractivity contribution in [3.05, 3.63) is 0 Å². The predicted molar refractivity (Wildman–Crippen MR) is 59.6 cm³/mol. The second kappa shape index (κ2) is 5.54. The molecule has 1 heterocycles. The van der Waals surface area contributed by atoms with Crippen LogP contribution in [-0.4, -0.2) is 59.8 Å². The van der Waals surface area contributed by atoms with E-state index >= 15 is 0 Å². The minimum absolute atomic E-state index is 0.0489. The van der Waals surface area contributed by atoms with Crippen molar-refractivity contribution in [1.82, 2.24) is 4.90 Å². The Kier molecular flexibility index (Phi) is 4.67. The molecule has 0 aromatic carbocycles. The Balaban J connectivity index is 2.81. The average Bonchev–Trinajstić information content (AvgIpc) is 2.24. The van der Waals surface area contributed by atoms with Crippen molar-refractivity contribution in [2.75, 3.05) is 19.8 Å². The molecular formula is C11H18F3NO4. The highest BCUT2D eigenvalue weighted by Gasteiger charge is 2.48. The molecule has 0 radical (unpaired) electrons. The maximum Gasteiger partial charge on any atom is 0.416 e. The Bertz CT molecular complexity index is 327. The van der Waals surface area contributed by atoms with Gasteiger partial charge in [0.25, 0.3) is 0 Å². The summed E-state index contributed by atoms with van der Waals surface area (Å²) < 4.78 is 47.5. The lowest BCUT2D eigenvalue weighted by Gasteiger charge is -2.39. The maximum atomic E-state index is 12.5. The fourth-order valence-corrected chi connectivity index (χ4v) is 1.65. The van der Waals surface area contributed by atoms with Gasteiger partial charge < -0.3 is 14.6 Å². The summed E-state index contributed by atoms with van der Waals surface area (Å²) in [5.74, 6) is 0. The summed E-state index contributed by atoms with van der Waals surface area (Å²) in [6.07, 6.45) is -8.35. The fourth-order valence-electron chi connectivity index (χ4n) is 1.65. The largest absolute Gasteiger partial charge is 0.444 e. The van der Waals surface area contributed by atoms with Gasteiger partial charge in [0.05, 0.1) is 19.3 Å². The topological polar surface area (TPSA) is 59.0 Å². The molecule has 0 saturated carbocycles. The minimum atomic E-state index is -4.81. The maximum absolute atomic E-state index is 12.5. The molecule has 19 heavy (non-hydrogen) atoms. The van der Waals surface area contributed by atoms with Gasteiger partial charge in [0.1, 0.15) is 5.60 Å². The quantitative estimate of drug-likeness (QED) is 0.794. The zero-order chi connectivity index (χ0) is 14.8. The molecule has 5 nitrogen and oxygen atoms in total. The summed E-state index contributed by atoms with van der Waals surface area (Å²) in [6.45, 7) is 4.52. The Labute approximate surface area is 109 Å². The number of carbonyl (C=O) groups is 1. The van der Waals surface area contributed by atoms with Crippen LogP contribution in [0.2, 0.25) is 0 Å². The highest BCUT2D eigenvalue weighted by molar-refractivity contribution is 5.68. The van der Waals surface area contributed by atoms with Crippen LogP contribution in [0.1, 0.15) is 20.8 Å². The number of rotatable bonds is 1. The van der Waals surface area contributed by atoms with E-state index in [2.05, 4.69) is 0 Å². The molecule has 1 amide bonds. The third-order valence-corrected chi connectivity index (χ3v) is 2.49. The molecule has 0 spiro atoms. The number of nitrogens with zero attached hydrogens (tertiary/aromatic N) is 1. The van der Waals surface area contributed by atoms with Crippen molar-refractivity contribution in [2.45, 2.75) is 44.7 Å². The second-order valence-corrected chi connectivity index (χ2v) is 5.30. The lowest BCUT2D eigenvalue weighted by Crippen LogP contribution is -2.58. The standard InChI is InChI=1S/C11H18F3NO4/c1-10(2,3)19-9(17)15-4-5-18-6-7(15)8(16)11(12,13)14/h7-8,16H,4-6H2,1-3H3/t7?,8-/m1/s1. The molecule has 1 fully saturated rings. The van der Waals surface area contributed by atoms with Gasteiger partial charge in [-0.1, -0.05) is 0 Å². The molecule has 0 bridgehead atoms. The molecule has 0 aromatic rings. The van der Waals surface area contributed by atoms with Crippen LogP contribution in [0.4, 0.5) is 18.0 Å². The molecule has 0 aromatic heterocycles. The Hall–Kier alpha value is -1.02. The first-order valence-electron chi connectivity index (χ1n) is 5.84. The van der Waals surface area contributed by atoms with Gasteiger partial charge in [-0.3, -0.25) is 4.90 Å². The van der Waals surface area contributed by atoms with Crippen LogP contribution in [0, 0.1) is 0 Å². The number of amides is 1. The summed E-state index contributed by atoms with van der Waals surface area (Å²) >= 11 is 0. The number of halogens is 3. The van der Waals surface area contributed by atoms with E-state index in [0.717, 1.165) is 4.90 Å². The highest BCUT2D eigenvalue weighted by atomic mass is 19.4. The van der Waals surface area contributed by atoms with Crippen molar-refractivity contribution >= 4 is 6.09 Å². The van der Waals surface area contributed by atoms with Crippen LogP contribution >= 0.6 is 0 Å². The van der Waals surface area contributed by atoms with E-state index in [-0.39, 0.29) is 19.8 Å². The monoisotopic (exact) mass is 285 g/mol. The molecule has 1 rings (SSSR count). The van der Waals surface area contributed by atoms with Crippen LogP contribution < -0.4 is 0 Å². The first-order chi connectivity index (χ1) is 8.52. The number of hydrogen-bond donors (Lipinski definition) is 1. The van der Waals surface area contributed by atoms with Gasteiger partial charge in [-0.15, -0.1) is 0 Å². The molecule has 1 unspecified atom stereocenters. The van der Waals surface area contributed by atoms with Gasteiger partial charge in [0.2, 0.25) is 0 Å². The predicted octanol–water partition coefficient (Wildman–Crippen LogP) is 1.55. The van der Waals surface area contributed by atoms with E-state index in [0.29, 0.717) is 0 Å².